The zero-order valence-electron chi connectivity index (χ0n) is 10.8. The molecule has 1 aliphatic rings. The number of hydrogen-bond acceptors (Lipinski definition) is 5. The highest BCUT2D eigenvalue weighted by Gasteiger charge is 2.17. The molecule has 0 saturated carbocycles. The van der Waals surface area contributed by atoms with E-state index < -0.39 is 0 Å². The van der Waals surface area contributed by atoms with Crippen molar-refractivity contribution in [2.24, 2.45) is 0 Å². The third-order valence-electron chi connectivity index (χ3n) is 2.89. The third-order valence-corrected chi connectivity index (χ3v) is 2.89. The third kappa shape index (κ3) is 2.92. The number of nitrogens with one attached hydrogen (secondary N) is 1. The molecule has 1 aliphatic heterocycles. The molecule has 0 aliphatic carbocycles. The highest BCUT2D eigenvalue weighted by Crippen LogP contribution is 2.21. The monoisotopic (exact) mass is 236 g/mol. The second-order valence-electron chi connectivity index (χ2n) is 4.52. The lowest BCUT2D eigenvalue weighted by molar-refractivity contribution is 0.109. The molecule has 0 aromatic carbocycles. The van der Waals surface area contributed by atoms with E-state index in [1.165, 1.54) is 0 Å². The van der Waals surface area contributed by atoms with Crippen molar-refractivity contribution in [1.82, 2.24) is 14.9 Å². The summed E-state index contributed by atoms with van der Waals surface area (Å²) in [5.41, 5.74) is 2.26. The zero-order valence-corrected chi connectivity index (χ0v) is 10.8. The molecule has 5 nitrogen and oxygen atoms in total. The van der Waals surface area contributed by atoms with Gasteiger partial charge in [0.05, 0.1) is 18.9 Å². The van der Waals surface area contributed by atoms with Crippen molar-refractivity contribution in [2.75, 3.05) is 39.6 Å². The minimum Gasteiger partial charge on any atom is -0.376 e. The normalized spacial score (nSPS) is 14.8. The van der Waals surface area contributed by atoms with Crippen LogP contribution in [0.5, 0.6) is 0 Å². The van der Waals surface area contributed by atoms with Gasteiger partial charge in [-0.2, -0.15) is 0 Å². The molecule has 0 atom stereocenters. The van der Waals surface area contributed by atoms with Crippen LogP contribution in [0, 0.1) is 0 Å². The molecule has 2 heterocycles. The van der Waals surface area contributed by atoms with Crippen LogP contribution in [0.4, 0.5) is 5.82 Å². The van der Waals surface area contributed by atoms with Crippen LogP contribution >= 0.6 is 0 Å². The number of aromatic nitrogens is 2. The van der Waals surface area contributed by atoms with Crippen LogP contribution in [-0.2, 0) is 24.2 Å². The maximum Gasteiger partial charge on any atom is 0.135 e. The van der Waals surface area contributed by atoms with Crippen molar-refractivity contribution in [1.29, 1.82) is 0 Å². The molecule has 0 bridgehead atoms. The summed E-state index contributed by atoms with van der Waals surface area (Å²) in [6, 6.07) is 0. The fourth-order valence-electron chi connectivity index (χ4n) is 1.93. The Bertz CT molecular complexity index is 375. The Hall–Kier alpha value is -1.20. The van der Waals surface area contributed by atoms with Crippen LogP contribution in [0.3, 0.4) is 0 Å². The Morgan fingerprint density at radius 3 is 2.88 bits per heavy atom. The van der Waals surface area contributed by atoms with Crippen molar-refractivity contribution in [3.63, 3.8) is 0 Å². The molecule has 0 fully saturated rings. The van der Waals surface area contributed by atoms with E-state index in [0.29, 0.717) is 6.61 Å². The lowest BCUT2D eigenvalue weighted by Crippen LogP contribution is -2.20. The number of fused-ring (bicyclic) bond motifs is 1. The lowest BCUT2D eigenvalue weighted by Gasteiger charge is -2.19. The molecule has 0 amide bonds. The lowest BCUT2D eigenvalue weighted by atomic mass is 10.1. The van der Waals surface area contributed by atoms with Crippen LogP contribution in [0.1, 0.15) is 17.1 Å². The van der Waals surface area contributed by atoms with Gasteiger partial charge < -0.3 is 15.0 Å². The Balaban J connectivity index is 2.23. The fraction of sp³-hybridized carbons (Fsp3) is 0.667. The average Bonchev–Trinajstić information content (AvgIpc) is 2.35. The molecular formula is C12H20N4O. The molecule has 0 radical (unpaired) electrons. The highest BCUT2D eigenvalue weighted by atomic mass is 16.5. The quantitative estimate of drug-likeness (QED) is 0.833. The van der Waals surface area contributed by atoms with Crippen molar-refractivity contribution >= 4 is 5.82 Å². The van der Waals surface area contributed by atoms with Gasteiger partial charge in [-0.15, -0.1) is 0 Å². The molecule has 5 heteroatoms. The van der Waals surface area contributed by atoms with Gasteiger partial charge in [-0.1, -0.05) is 0 Å². The molecule has 94 valence electrons. The number of hydrogen-bond donors (Lipinski definition) is 1. The van der Waals surface area contributed by atoms with Crippen molar-refractivity contribution in [3.05, 3.63) is 17.1 Å². The average molecular weight is 236 g/mol. The minimum absolute atomic E-state index is 0.624. The van der Waals surface area contributed by atoms with E-state index >= 15 is 0 Å². The molecule has 0 saturated heterocycles. The first-order valence-corrected chi connectivity index (χ1v) is 5.99. The summed E-state index contributed by atoms with van der Waals surface area (Å²) in [5.74, 6) is 1.84. The second kappa shape index (κ2) is 5.42. The minimum atomic E-state index is 0.624. The van der Waals surface area contributed by atoms with Gasteiger partial charge in [0.15, 0.2) is 0 Å². The Labute approximate surface area is 102 Å². The summed E-state index contributed by atoms with van der Waals surface area (Å²) in [6.07, 6.45) is 1.78. The smallest absolute Gasteiger partial charge is 0.135 e. The van der Waals surface area contributed by atoms with E-state index in [-0.39, 0.29) is 0 Å². The van der Waals surface area contributed by atoms with E-state index in [9.17, 15) is 0 Å². The fourth-order valence-corrected chi connectivity index (χ4v) is 1.93. The predicted molar refractivity (Wildman–Crippen MR) is 67.2 cm³/mol. The molecular weight excluding hydrogens is 216 g/mol. The number of ether oxygens (including phenoxy) is 1. The predicted octanol–water partition coefficient (Wildman–Crippen LogP) is 0.695. The molecule has 1 N–H and O–H groups in total. The van der Waals surface area contributed by atoms with Crippen LogP contribution in [-0.4, -0.2) is 49.2 Å². The first-order chi connectivity index (χ1) is 8.20. The maximum atomic E-state index is 5.45. The van der Waals surface area contributed by atoms with Crippen molar-refractivity contribution in [2.45, 2.75) is 19.4 Å². The molecule has 1 aromatic rings. The SMILES string of the molecule is CNc1nc(CCN(C)C)nc2c1COCC2. The molecule has 2 rings (SSSR count). The molecule has 17 heavy (non-hydrogen) atoms. The van der Waals surface area contributed by atoms with Crippen LogP contribution < -0.4 is 5.32 Å². The largest absolute Gasteiger partial charge is 0.376 e. The van der Waals surface area contributed by atoms with Crippen LogP contribution in [0.15, 0.2) is 0 Å². The van der Waals surface area contributed by atoms with Crippen LogP contribution in [0.2, 0.25) is 0 Å². The van der Waals surface area contributed by atoms with E-state index in [0.717, 1.165) is 48.9 Å². The molecule has 0 spiro atoms. The van der Waals surface area contributed by atoms with E-state index in [4.69, 9.17) is 4.74 Å². The standard InChI is InChI=1S/C12H20N4O/c1-13-12-9-8-17-7-5-10(9)14-11(15-12)4-6-16(2)3/h4-8H2,1-3H3,(H,13,14,15). The van der Waals surface area contributed by atoms with Crippen LogP contribution in [0.25, 0.3) is 0 Å². The van der Waals surface area contributed by atoms with Gasteiger partial charge in [-0.25, -0.2) is 9.97 Å². The van der Waals surface area contributed by atoms with Crippen molar-refractivity contribution in [3.8, 4) is 0 Å². The molecule has 1 aromatic heterocycles. The summed E-state index contributed by atoms with van der Waals surface area (Å²) in [7, 11) is 6.02. The summed E-state index contributed by atoms with van der Waals surface area (Å²) in [6.45, 7) is 2.36. The van der Waals surface area contributed by atoms with Gasteiger partial charge in [-0.05, 0) is 14.1 Å². The molecule has 0 unspecified atom stereocenters. The number of nitrogens with zero attached hydrogens (tertiary/aromatic N) is 3. The number of likely N-dealkylation sites (N-methyl/N-ethyl adjacent to an activating group) is 1. The summed E-state index contributed by atoms with van der Waals surface area (Å²) in [5, 5.41) is 3.14. The van der Waals surface area contributed by atoms with Gasteiger partial charge in [0, 0.05) is 32.0 Å². The first-order valence-electron chi connectivity index (χ1n) is 5.99. The summed E-state index contributed by atoms with van der Waals surface area (Å²) >= 11 is 0. The Morgan fingerprint density at radius 1 is 1.35 bits per heavy atom. The Kier molecular flexibility index (Phi) is 3.91. The number of anilines is 1. The van der Waals surface area contributed by atoms with E-state index in [1.807, 2.05) is 7.05 Å². The topological polar surface area (TPSA) is 50.3 Å². The maximum absolute atomic E-state index is 5.45. The summed E-state index contributed by atoms with van der Waals surface area (Å²) in [4.78, 5) is 11.3. The summed E-state index contributed by atoms with van der Waals surface area (Å²) < 4.78 is 5.45. The second-order valence-corrected chi connectivity index (χ2v) is 4.52. The zero-order chi connectivity index (χ0) is 12.3. The van der Waals surface area contributed by atoms with Gasteiger partial charge in [0.1, 0.15) is 11.6 Å². The van der Waals surface area contributed by atoms with E-state index in [2.05, 4.69) is 34.3 Å². The Morgan fingerprint density at radius 2 is 2.18 bits per heavy atom. The van der Waals surface area contributed by atoms with Crippen molar-refractivity contribution < 1.29 is 4.74 Å². The highest BCUT2D eigenvalue weighted by molar-refractivity contribution is 5.46. The van der Waals surface area contributed by atoms with Gasteiger partial charge in [0.25, 0.3) is 0 Å². The number of rotatable bonds is 4. The van der Waals surface area contributed by atoms with Gasteiger partial charge in [0.2, 0.25) is 0 Å². The van der Waals surface area contributed by atoms with Gasteiger partial charge >= 0.3 is 0 Å². The van der Waals surface area contributed by atoms with Gasteiger partial charge in [-0.3, -0.25) is 0 Å². The first kappa shape index (κ1) is 12.3. The van der Waals surface area contributed by atoms with E-state index in [1.54, 1.807) is 0 Å².